The lowest BCUT2D eigenvalue weighted by atomic mass is 10.2. The van der Waals surface area contributed by atoms with Gasteiger partial charge in [-0.3, -0.25) is 4.79 Å². The molecule has 0 saturated carbocycles. The van der Waals surface area contributed by atoms with E-state index in [1.54, 1.807) is 20.6 Å². The molecule has 0 bridgehead atoms. The molecule has 0 saturated heterocycles. The minimum Gasteiger partial charge on any atom is -0.374 e. The van der Waals surface area contributed by atoms with Crippen LogP contribution in [0.4, 0.5) is 0 Å². The van der Waals surface area contributed by atoms with Crippen molar-refractivity contribution in [3.8, 4) is 0 Å². The molecule has 9 heteroatoms. The van der Waals surface area contributed by atoms with Crippen LogP contribution in [0, 0.1) is 0 Å². The summed E-state index contributed by atoms with van der Waals surface area (Å²) in [4.78, 5) is 12.0. The van der Waals surface area contributed by atoms with Crippen LogP contribution in [0.15, 0.2) is 30.3 Å². The fourth-order valence-electron chi connectivity index (χ4n) is 2.07. The maximum Gasteiger partial charge on any atom is 0.500 e. The number of rotatable bonds is 14. The first-order chi connectivity index (χ1) is 12.2. The van der Waals surface area contributed by atoms with Crippen LogP contribution < -0.4 is 0 Å². The van der Waals surface area contributed by atoms with Gasteiger partial charge in [-0.05, 0) is 57.6 Å². The van der Waals surface area contributed by atoms with Gasteiger partial charge >= 0.3 is 8.80 Å². The molecule has 4 nitrogen and oxygen atoms in total. The summed E-state index contributed by atoms with van der Waals surface area (Å²) in [6.45, 7) is 7.76. The molecule has 0 N–H and O–H groups in total. The molecule has 0 radical (unpaired) electrons. The third kappa shape index (κ3) is 9.76. The number of benzene rings is 1. The van der Waals surface area contributed by atoms with E-state index in [1.165, 1.54) is 20.6 Å². The Morgan fingerprint density at radius 2 is 1.56 bits per heavy atom. The zero-order valence-electron chi connectivity index (χ0n) is 14.9. The van der Waals surface area contributed by atoms with E-state index < -0.39 is 8.80 Å². The van der Waals surface area contributed by atoms with Crippen molar-refractivity contribution in [1.29, 1.82) is 0 Å². The Hall–Kier alpha value is 0.387. The Morgan fingerprint density at radius 3 is 2.12 bits per heavy atom. The molecule has 0 aliphatic heterocycles. The summed E-state index contributed by atoms with van der Waals surface area (Å²) >= 11 is 0. The lowest BCUT2D eigenvalue weighted by molar-refractivity contribution is 0.0712. The van der Waals surface area contributed by atoms with Gasteiger partial charge in [0.25, 0.3) is 0 Å². The van der Waals surface area contributed by atoms with Crippen LogP contribution in [0.5, 0.6) is 0 Å². The molecular formula is C16H26O4S4Si. The Bertz CT molecular complexity index is 461. The fraction of sp³-hybridized carbons (Fsp3) is 0.562. The van der Waals surface area contributed by atoms with Crippen LogP contribution in [0.2, 0.25) is 6.04 Å². The van der Waals surface area contributed by atoms with E-state index in [1.807, 2.05) is 51.1 Å². The van der Waals surface area contributed by atoms with E-state index >= 15 is 0 Å². The maximum atomic E-state index is 12.0. The van der Waals surface area contributed by atoms with Crippen LogP contribution in [0.25, 0.3) is 0 Å². The van der Waals surface area contributed by atoms with Gasteiger partial charge in [-0.25, -0.2) is 0 Å². The third-order valence-corrected chi connectivity index (χ3v) is 12.3. The topological polar surface area (TPSA) is 44.8 Å². The van der Waals surface area contributed by atoms with Crippen LogP contribution in [-0.4, -0.2) is 39.5 Å². The Morgan fingerprint density at radius 1 is 0.960 bits per heavy atom. The predicted octanol–water partition coefficient (Wildman–Crippen LogP) is 5.94. The van der Waals surface area contributed by atoms with Gasteiger partial charge in [0.1, 0.15) is 0 Å². The lowest BCUT2D eigenvalue weighted by Gasteiger charge is -2.28. The molecule has 1 rings (SSSR count). The Balaban J connectivity index is 2.20. The standard InChI is InChI=1S/C16H26O4S4Si/c1-4-18-25(19-5-2,20-6-3)14-10-13-21-23-24-22-16(17)15-11-8-7-9-12-15/h7-9,11-12H,4-6,10,13-14H2,1-3H3. The van der Waals surface area contributed by atoms with Crippen molar-refractivity contribution in [3.05, 3.63) is 35.9 Å². The maximum absolute atomic E-state index is 12.0. The van der Waals surface area contributed by atoms with Crippen molar-refractivity contribution in [2.75, 3.05) is 25.6 Å². The van der Waals surface area contributed by atoms with Gasteiger partial charge in [-0.2, -0.15) is 0 Å². The summed E-state index contributed by atoms with van der Waals surface area (Å²) in [6, 6.07) is 10.2. The molecular weight excluding hydrogens is 413 g/mol. The Labute approximate surface area is 167 Å². The quantitative estimate of drug-likeness (QED) is 0.201. The summed E-state index contributed by atoms with van der Waals surface area (Å²) in [7, 11) is 3.65. The molecule has 0 heterocycles. The monoisotopic (exact) mass is 438 g/mol. The Kier molecular flexibility index (Phi) is 13.5. The van der Waals surface area contributed by atoms with Crippen molar-refractivity contribution in [2.45, 2.75) is 33.2 Å². The molecule has 0 atom stereocenters. The first-order valence-corrected chi connectivity index (χ1v) is 15.2. The van der Waals surface area contributed by atoms with Crippen molar-refractivity contribution in [1.82, 2.24) is 0 Å². The van der Waals surface area contributed by atoms with E-state index in [0.717, 1.165) is 23.8 Å². The second-order valence-electron chi connectivity index (χ2n) is 4.78. The van der Waals surface area contributed by atoms with Gasteiger partial charge in [0.15, 0.2) is 0 Å². The van der Waals surface area contributed by atoms with E-state index in [2.05, 4.69) is 0 Å². The molecule has 0 aliphatic rings. The number of hydrogen-bond acceptors (Lipinski definition) is 8. The summed E-state index contributed by atoms with van der Waals surface area (Å²) in [5.41, 5.74) is 0.742. The second kappa shape index (κ2) is 14.4. The van der Waals surface area contributed by atoms with E-state index in [4.69, 9.17) is 13.3 Å². The second-order valence-corrected chi connectivity index (χ2v) is 13.4. The van der Waals surface area contributed by atoms with Crippen molar-refractivity contribution in [2.24, 2.45) is 0 Å². The summed E-state index contributed by atoms with van der Waals surface area (Å²) < 4.78 is 17.5. The minimum absolute atomic E-state index is 0.0918. The molecule has 0 aromatic heterocycles. The lowest BCUT2D eigenvalue weighted by Crippen LogP contribution is -2.46. The zero-order valence-corrected chi connectivity index (χ0v) is 19.2. The van der Waals surface area contributed by atoms with Gasteiger partial charge in [0, 0.05) is 37.2 Å². The van der Waals surface area contributed by atoms with E-state index in [9.17, 15) is 4.79 Å². The molecule has 0 spiro atoms. The van der Waals surface area contributed by atoms with Crippen molar-refractivity contribution < 1.29 is 18.1 Å². The van der Waals surface area contributed by atoms with Gasteiger partial charge in [0.05, 0.1) is 0 Å². The summed E-state index contributed by atoms with van der Waals surface area (Å²) in [5, 5.41) is 0.0918. The highest BCUT2D eigenvalue weighted by Crippen LogP contribution is 2.44. The fourth-order valence-corrected chi connectivity index (χ4v) is 10.4. The molecule has 142 valence electrons. The largest absolute Gasteiger partial charge is 0.500 e. The molecule has 0 amide bonds. The highest BCUT2D eigenvalue weighted by Gasteiger charge is 2.39. The molecule has 1 aromatic rings. The molecule has 0 aliphatic carbocycles. The smallest absolute Gasteiger partial charge is 0.374 e. The highest BCUT2D eigenvalue weighted by atomic mass is 33.7. The van der Waals surface area contributed by atoms with Gasteiger partial charge in [0.2, 0.25) is 5.12 Å². The normalized spacial score (nSPS) is 11.6. The zero-order chi connectivity index (χ0) is 18.4. The van der Waals surface area contributed by atoms with Crippen LogP contribution in [-0.2, 0) is 13.3 Å². The molecule has 0 fully saturated rings. The van der Waals surface area contributed by atoms with Gasteiger partial charge in [-0.1, -0.05) is 41.1 Å². The minimum atomic E-state index is -2.51. The van der Waals surface area contributed by atoms with Crippen LogP contribution in [0.1, 0.15) is 37.6 Å². The molecule has 1 aromatic carbocycles. The number of carbonyl (C=O) groups is 1. The summed E-state index contributed by atoms with van der Waals surface area (Å²) in [5.74, 6) is 0.972. The van der Waals surface area contributed by atoms with E-state index in [0.29, 0.717) is 19.8 Å². The molecule has 0 unspecified atom stereocenters. The van der Waals surface area contributed by atoms with Crippen LogP contribution in [0.3, 0.4) is 0 Å². The van der Waals surface area contributed by atoms with E-state index in [-0.39, 0.29) is 5.12 Å². The predicted molar refractivity (Wildman–Crippen MR) is 116 cm³/mol. The third-order valence-electron chi connectivity index (χ3n) is 3.00. The SMILES string of the molecule is CCO[Si](CCCSSSSC(=O)c1ccccc1)(OCC)OCC. The van der Waals surface area contributed by atoms with Gasteiger partial charge in [-0.15, -0.1) is 0 Å². The summed E-state index contributed by atoms with van der Waals surface area (Å²) in [6.07, 6.45) is 0.974. The first kappa shape index (κ1) is 23.4. The van der Waals surface area contributed by atoms with Crippen LogP contribution >= 0.6 is 41.2 Å². The number of carbonyl (C=O) groups excluding carboxylic acids is 1. The van der Waals surface area contributed by atoms with Crippen molar-refractivity contribution in [3.63, 3.8) is 0 Å². The number of hydrogen-bond donors (Lipinski definition) is 0. The molecule has 25 heavy (non-hydrogen) atoms. The van der Waals surface area contributed by atoms with Gasteiger partial charge < -0.3 is 13.3 Å². The van der Waals surface area contributed by atoms with Crippen molar-refractivity contribution >= 4 is 55.2 Å². The highest BCUT2D eigenvalue weighted by molar-refractivity contribution is 9.27. The first-order valence-electron chi connectivity index (χ1n) is 8.31. The average molecular weight is 439 g/mol. The average Bonchev–Trinajstić information content (AvgIpc) is 2.62.